The van der Waals surface area contributed by atoms with Crippen LogP contribution in [0.4, 0.5) is 0 Å². The van der Waals surface area contributed by atoms with Crippen molar-refractivity contribution in [2.24, 2.45) is 0 Å². The van der Waals surface area contributed by atoms with Crippen molar-refractivity contribution in [2.75, 3.05) is 14.2 Å². The summed E-state index contributed by atoms with van der Waals surface area (Å²) in [6, 6.07) is 0. The zero-order valence-electron chi connectivity index (χ0n) is 60.6. The van der Waals surface area contributed by atoms with Crippen LogP contribution in [-0.2, 0) is 125 Å². The number of rotatable bonds is 10. The van der Waals surface area contributed by atoms with E-state index in [1.807, 2.05) is 0 Å². The van der Waals surface area contributed by atoms with E-state index in [0.29, 0.717) is 0 Å². The molecule has 0 aliphatic rings. The van der Waals surface area contributed by atoms with Crippen LogP contribution >= 0.6 is 15.2 Å². The van der Waals surface area contributed by atoms with Gasteiger partial charge in [0, 0.05) is 14.2 Å². The molecule has 0 aromatic heterocycles. The number of carbonyl (C=O) groups excluding carboxylic acids is 10. The van der Waals surface area contributed by atoms with E-state index in [1.165, 1.54) is 180 Å². The molecule has 0 fully saturated rings. The van der Waals surface area contributed by atoms with Crippen LogP contribution in [0, 0.1) is 0 Å². The fourth-order valence-electron chi connectivity index (χ4n) is 2.86. The van der Waals surface area contributed by atoms with Gasteiger partial charge in [0.25, 0.3) is 0 Å². The van der Waals surface area contributed by atoms with E-state index in [-0.39, 0.29) is 286 Å². The van der Waals surface area contributed by atoms with Gasteiger partial charge in [0.05, 0.1) is 0 Å². The van der Waals surface area contributed by atoms with Crippen LogP contribution < -0.4 is 173 Å². The average Bonchev–Trinajstić information content (AvgIpc) is 3.21. The quantitative estimate of drug-likeness (QED) is 0.0887. The molecule has 0 amide bonds. The molecular weight excluding hydrogens is 1530 g/mol. The summed E-state index contributed by atoms with van der Waals surface area (Å²) in [5, 5.41) is 112. The summed E-state index contributed by atoms with van der Waals surface area (Å²) in [4.78, 5) is 140. The van der Waals surface area contributed by atoms with Crippen LogP contribution in [0.15, 0.2) is 118 Å². The number of carbonyl (C=O) groups is 10. The number of allylic oxidation sites excluding steroid dienone is 20. The molecule has 4 radical (unpaired) electrons. The van der Waals surface area contributed by atoms with Gasteiger partial charge in [-0.15, -0.1) is 57.6 Å². The Labute approximate surface area is 696 Å². The minimum absolute atomic E-state index is 0. The molecule has 0 bridgehead atoms. The van der Waals surface area contributed by atoms with Crippen molar-refractivity contribution < 1.29 is 309 Å². The van der Waals surface area contributed by atoms with Crippen molar-refractivity contribution >= 4 is 73.0 Å². The number of aliphatic hydroxyl groups is 2. The van der Waals surface area contributed by atoms with Crippen molar-refractivity contribution in [3.05, 3.63) is 118 Å². The second-order valence-electron chi connectivity index (χ2n) is 19.0. The second-order valence-corrected chi connectivity index (χ2v) is 23.7. The minimum atomic E-state index is -4.35. The van der Waals surface area contributed by atoms with Crippen LogP contribution in [0.25, 0.3) is 0 Å². The van der Waals surface area contributed by atoms with Crippen LogP contribution in [0.5, 0.6) is 0 Å². The first-order valence-electron chi connectivity index (χ1n) is 25.3. The first-order chi connectivity index (χ1) is 39.8. The zero-order chi connectivity index (χ0) is 76.6. The fraction of sp³-hybridized carbons (Fsp3) is 0.500. The standard InChI is InChI=1S/10C5H8O2.2C4H11O3P.2CH4O.4Fe.2K/c10*1-4(6)3-5(2)7;2*1-4(2,3)8(5,6)7;2*1-2;;;;;;/h10*3,6H,1-2H3;2*1-3H3,(H2,5,6,7);2*2H,1H3;;;;;;/q;;;;;;;;;;;;;;4*+3;2*+1/p-14/b10*4-3-;;;;;;;;;;. The van der Waals surface area contributed by atoms with E-state index in [9.17, 15) is 128 Å². The molecule has 0 spiro atoms. The number of aliphatic hydroxyl groups excluding tert-OH is 2. The van der Waals surface area contributed by atoms with Crippen molar-refractivity contribution in [1.82, 2.24) is 0 Å². The Morgan fingerprint density at radius 2 is 0.271 bits per heavy atom. The second kappa shape index (κ2) is 92.7. The maximum absolute atomic E-state index is 10.1. The smallest absolute Gasteiger partial charge is 0.876 e. The van der Waals surface area contributed by atoms with E-state index in [2.05, 4.69) is 0 Å². The predicted molar refractivity (Wildman–Crippen MR) is 315 cm³/mol. The summed E-state index contributed by atoms with van der Waals surface area (Å²) in [5.41, 5.74) is 0. The zero-order valence-corrected chi connectivity index (χ0v) is 73.0. The molecule has 96 heavy (non-hydrogen) atoms. The Morgan fingerprint density at radius 3 is 0.271 bits per heavy atom. The van der Waals surface area contributed by atoms with E-state index in [0.717, 1.165) is 75.0 Å². The maximum atomic E-state index is 10.1. The summed E-state index contributed by atoms with van der Waals surface area (Å²) < 4.78 is 20.2. The topological polar surface area (TPSA) is 568 Å². The molecule has 0 unspecified atom stereocenters. The minimum Gasteiger partial charge on any atom is -0.876 e. The fourth-order valence-corrected chi connectivity index (χ4v) is 2.86. The first kappa shape index (κ1) is 148. The van der Waals surface area contributed by atoms with Gasteiger partial charge in [-0.1, -0.05) is 126 Å². The van der Waals surface area contributed by atoms with Crippen molar-refractivity contribution in [3.63, 3.8) is 0 Å². The normalized spacial score (nSPS) is 10.8. The molecule has 0 aliphatic carbocycles. The van der Waals surface area contributed by atoms with Gasteiger partial charge >= 0.3 is 171 Å². The molecule has 548 valence electrons. The molecule has 0 aromatic carbocycles. The van der Waals surface area contributed by atoms with Crippen molar-refractivity contribution in [1.29, 1.82) is 0 Å². The van der Waals surface area contributed by atoms with Crippen LogP contribution in [0.3, 0.4) is 0 Å². The summed E-state index contributed by atoms with van der Waals surface area (Å²) in [6.07, 6.45) is 10.6. The van der Waals surface area contributed by atoms with Gasteiger partial charge in [-0.2, -0.15) is 0 Å². The van der Waals surface area contributed by atoms with Gasteiger partial charge in [0.15, 0.2) is 57.8 Å². The molecule has 0 saturated heterocycles. The van der Waals surface area contributed by atoms with Gasteiger partial charge in [0.2, 0.25) is 0 Å². The molecular formula is C60H96Fe4K2O28P2. The molecule has 0 heterocycles. The Kier molecular flexibility index (Phi) is 143. The van der Waals surface area contributed by atoms with Crippen LogP contribution in [-0.4, -0.2) is 92.6 Å². The summed E-state index contributed by atoms with van der Waals surface area (Å²) in [5.74, 6) is -3.75. The molecule has 0 atom stereocenters. The molecule has 2 N–H and O–H groups in total. The predicted octanol–water partition coefficient (Wildman–Crippen LogP) is -8.99. The molecule has 36 heteroatoms. The number of hydrogen-bond acceptors (Lipinski definition) is 28. The number of hydrogen-bond donors (Lipinski definition) is 2. The van der Waals surface area contributed by atoms with E-state index < -0.39 is 25.5 Å². The summed E-state index contributed by atoms with van der Waals surface area (Å²) in [7, 11) is -6.70. The average molecular weight is 1630 g/mol. The molecule has 0 aliphatic heterocycles. The van der Waals surface area contributed by atoms with Gasteiger partial charge in [-0.3, -0.25) is 47.9 Å². The Morgan fingerprint density at radius 1 is 0.229 bits per heavy atom. The van der Waals surface area contributed by atoms with Gasteiger partial charge < -0.3 is 90.0 Å². The molecule has 0 rings (SSSR count). The third-order valence-corrected chi connectivity index (χ3v) is 8.99. The van der Waals surface area contributed by atoms with Gasteiger partial charge in [-0.05, 0) is 140 Å². The SMILES string of the molecule is CC(=O)/C=C(/C)[O-].CC(=O)/C=C(/C)[O-].CC(=O)/C=C(/C)[O-].CC(=O)/C=C(/C)[O-].CC(=O)/C=C(/C)[O-].CC(=O)/C=C(/C)[O-].CC(=O)/C=C(/C)[O-].CC(=O)/C=C(/C)[O-].CC(=O)/C=C(/C)[O-].CC(=O)/C=C(/C)[O-].CC(C)(C)P(=O)([O-])[O-].CC(C)(C)P(=O)([O-])[O-].CO.CO.[Fe+3].[Fe+3].[Fe+3].[Fe+3].[K+].[K+]. The summed E-state index contributed by atoms with van der Waals surface area (Å²) >= 11 is 0. The molecule has 0 saturated carbocycles. The van der Waals surface area contributed by atoms with Crippen molar-refractivity contribution in [3.8, 4) is 0 Å². The van der Waals surface area contributed by atoms with Crippen LogP contribution in [0.2, 0.25) is 0 Å². The summed E-state index contributed by atoms with van der Waals surface area (Å²) in [6.45, 7) is 35.3. The van der Waals surface area contributed by atoms with E-state index >= 15 is 0 Å². The van der Waals surface area contributed by atoms with E-state index in [4.69, 9.17) is 10.2 Å². The number of ketones is 10. The molecule has 28 nitrogen and oxygen atoms in total. The largest absolute Gasteiger partial charge is 3.00 e. The monoisotopic (exact) mass is 1630 g/mol. The van der Waals surface area contributed by atoms with Crippen LogP contribution in [0.1, 0.15) is 180 Å². The van der Waals surface area contributed by atoms with Crippen molar-refractivity contribution in [2.45, 2.75) is 190 Å². The third-order valence-electron chi connectivity index (χ3n) is 5.71. The maximum Gasteiger partial charge on any atom is 3.00 e. The third kappa shape index (κ3) is 243. The van der Waals surface area contributed by atoms with E-state index in [1.54, 1.807) is 0 Å². The van der Waals surface area contributed by atoms with Gasteiger partial charge in [-0.25, -0.2) is 0 Å². The Hall–Kier alpha value is -2.33. The Balaban J connectivity index is -0.0000000361. The first-order valence-corrected chi connectivity index (χ1v) is 28.4. The molecule has 0 aromatic rings. The Bertz CT molecular complexity index is 2010. The van der Waals surface area contributed by atoms with Gasteiger partial charge in [0.1, 0.15) is 0 Å².